The van der Waals surface area contributed by atoms with Crippen LogP contribution in [0.5, 0.6) is 0 Å². The van der Waals surface area contributed by atoms with Crippen molar-refractivity contribution in [2.45, 2.75) is 19.8 Å². The number of rotatable bonds is 3. The molecule has 1 N–H and O–H groups in total. The van der Waals surface area contributed by atoms with Crippen LogP contribution in [0.1, 0.15) is 17.8 Å². The summed E-state index contributed by atoms with van der Waals surface area (Å²) in [6, 6.07) is 3.98. The molecule has 0 atom stereocenters. The zero-order chi connectivity index (χ0) is 12.6. The van der Waals surface area contributed by atoms with E-state index in [2.05, 4.69) is 20.9 Å². The molecule has 0 saturated carbocycles. The predicted octanol–water partition coefficient (Wildman–Crippen LogP) is 2.66. The number of carboxylic acid groups (broad SMARTS) is 1. The zero-order valence-electron chi connectivity index (χ0n) is 9.70. The third-order valence-electron chi connectivity index (χ3n) is 2.78. The van der Waals surface area contributed by atoms with Crippen LogP contribution in [0.3, 0.4) is 0 Å². The Morgan fingerprint density at radius 1 is 1.53 bits per heavy atom. The molecular formula is C12H13BrN2O2. The highest BCUT2D eigenvalue weighted by atomic mass is 79.9. The molecule has 0 aliphatic carbocycles. The third-order valence-corrected chi connectivity index (χ3v) is 3.24. The second-order valence-electron chi connectivity index (χ2n) is 4.07. The molecule has 1 aromatic heterocycles. The van der Waals surface area contributed by atoms with E-state index >= 15 is 0 Å². The van der Waals surface area contributed by atoms with Gasteiger partial charge in [0.25, 0.3) is 0 Å². The van der Waals surface area contributed by atoms with Crippen molar-refractivity contribution in [3.63, 3.8) is 0 Å². The maximum atomic E-state index is 10.6. The molecule has 0 saturated heterocycles. The monoisotopic (exact) mass is 296 g/mol. The first kappa shape index (κ1) is 12.1. The number of fused-ring (bicyclic) bond motifs is 1. The highest BCUT2D eigenvalue weighted by Crippen LogP contribution is 2.24. The van der Waals surface area contributed by atoms with Crippen LogP contribution < -0.4 is 0 Å². The number of aromatic nitrogens is 2. The lowest BCUT2D eigenvalue weighted by atomic mass is 10.2. The summed E-state index contributed by atoms with van der Waals surface area (Å²) in [6.07, 6.45) is 0.564. The standard InChI is InChI=1S/C12H13BrN2O2/c1-7-5-8(13)6-9-12(7)15(2)10(14-9)3-4-11(16)17/h5-6H,3-4H2,1-2H3,(H,16,17). The van der Waals surface area contributed by atoms with Gasteiger partial charge in [0.1, 0.15) is 5.82 Å². The lowest BCUT2D eigenvalue weighted by molar-refractivity contribution is -0.137. The van der Waals surface area contributed by atoms with E-state index in [-0.39, 0.29) is 6.42 Å². The molecule has 0 amide bonds. The second kappa shape index (κ2) is 4.49. The minimum absolute atomic E-state index is 0.109. The van der Waals surface area contributed by atoms with Crippen LogP contribution >= 0.6 is 15.9 Å². The lowest BCUT2D eigenvalue weighted by Gasteiger charge is -2.03. The Hall–Kier alpha value is -1.36. The maximum Gasteiger partial charge on any atom is 0.303 e. The molecule has 0 aliphatic rings. The van der Waals surface area contributed by atoms with Gasteiger partial charge in [0.15, 0.2) is 0 Å². The van der Waals surface area contributed by atoms with Gasteiger partial charge in [0, 0.05) is 17.9 Å². The molecule has 17 heavy (non-hydrogen) atoms. The first-order chi connectivity index (χ1) is 7.99. The Balaban J connectivity index is 2.49. The molecular weight excluding hydrogens is 284 g/mol. The highest BCUT2D eigenvalue weighted by molar-refractivity contribution is 9.10. The lowest BCUT2D eigenvalue weighted by Crippen LogP contribution is -2.03. The minimum atomic E-state index is -0.796. The van der Waals surface area contributed by atoms with Gasteiger partial charge in [-0.3, -0.25) is 4.79 Å². The van der Waals surface area contributed by atoms with E-state index in [1.54, 1.807) is 0 Å². The summed E-state index contributed by atoms with van der Waals surface area (Å²) in [4.78, 5) is 15.1. The van der Waals surface area contributed by atoms with E-state index in [0.717, 1.165) is 26.9 Å². The second-order valence-corrected chi connectivity index (χ2v) is 4.99. The number of carboxylic acids is 1. The number of carbonyl (C=O) groups is 1. The Kier molecular flexibility index (Phi) is 3.19. The summed E-state index contributed by atoms with van der Waals surface area (Å²) >= 11 is 3.44. The Labute approximate surface area is 107 Å². The quantitative estimate of drug-likeness (QED) is 0.947. The normalized spacial score (nSPS) is 11.0. The molecule has 1 aromatic carbocycles. The molecule has 0 radical (unpaired) electrons. The largest absolute Gasteiger partial charge is 0.481 e. The van der Waals surface area contributed by atoms with E-state index in [9.17, 15) is 4.79 Å². The summed E-state index contributed by atoms with van der Waals surface area (Å²) in [5, 5.41) is 8.69. The number of aryl methyl sites for hydroxylation is 3. The summed E-state index contributed by atoms with van der Waals surface area (Å²) in [5.41, 5.74) is 3.10. The molecule has 0 aliphatic heterocycles. The SMILES string of the molecule is Cc1cc(Br)cc2nc(CCC(=O)O)n(C)c12. The van der Waals surface area contributed by atoms with Crippen molar-refractivity contribution in [3.8, 4) is 0 Å². The molecule has 1 heterocycles. The number of nitrogens with zero attached hydrogens (tertiary/aromatic N) is 2. The summed E-state index contributed by atoms with van der Waals surface area (Å²) in [5.74, 6) is 0.0126. The van der Waals surface area contributed by atoms with Crippen LogP contribution in [-0.2, 0) is 18.3 Å². The van der Waals surface area contributed by atoms with E-state index in [1.807, 2.05) is 30.7 Å². The number of imidazole rings is 1. The van der Waals surface area contributed by atoms with Crippen LogP contribution in [0.25, 0.3) is 11.0 Å². The first-order valence-corrected chi connectivity index (χ1v) is 6.11. The molecule has 2 rings (SSSR count). The van der Waals surface area contributed by atoms with Crippen molar-refractivity contribution in [2.75, 3.05) is 0 Å². The van der Waals surface area contributed by atoms with Crippen molar-refractivity contribution in [1.82, 2.24) is 9.55 Å². The Morgan fingerprint density at radius 2 is 2.24 bits per heavy atom. The number of hydrogen-bond acceptors (Lipinski definition) is 2. The number of benzene rings is 1. The summed E-state index contributed by atoms with van der Waals surface area (Å²) < 4.78 is 2.96. The minimum Gasteiger partial charge on any atom is -0.481 e. The number of aliphatic carboxylic acids is 1. The van der Waals surface area contributed by atoms with Crippen molar-refractivity contribution in [2.24, 2.45) is 7.05 Å². The van der Waals surface area contributed by atoms with Crippen LogP contribution in [0.4, 0.5) is 0 Å². The zero-order valence-corrected chi connectivity index (χ0v) is 11.3. The first-order valence-electron chi connectivity index (χ1n) is 5.32. The molecule has 90 valence electrons. The summed E-state index contributed by atoms with van der Waals surface area (Å²) in [7, 11) is 1.92. The van der Waals surface area contributed by atoms with Gasteiger partial charge < -0.3 is 9.67 Å². The van der Waals surface area contributed by atoms with Gasteiger partial charge in [-0.05, 0) is 24.6 Å². The highest BCUT2D eigenvalue weighted by Gasteiger charge is 2.11. The van der Waals surface area contributed by atoms with Gasteiger partial charge in [-0.1, -0.05) is 15.9 Å². The van der Waals surface area contributed by atoms with Crippen LogP contribution in [0, 0.1) is 6.92 Å². The Morgan fingerprint density at radius 3 is 2.88 bits per heavy atom. The topological polar surface area (TPSA) is 55.1 Å². The van der Waals surface area contributed by atoms with Crippen molar-refractivity contribution < 1.29 is 9.90 Å². The van der Waals surface area contributed by atoms with Gasteiger partial charge in [0.05, 0.1) is 17.5 Å². The third kappa shape index (κ3) is 2.34. The number of hydrogen-bond donors (Lipinski definition) is 1. The average molecular weight is 297 g/mol. The van der Waals surface area contributed by atoms with Crippen molar-refractivity contribution in [1.29, 1.82) is 0 Å². The van der Waals surface area contributed by atoms with E-state index in [1.165, 1.54) is 0 Å². The van der Waals surface area contributed by atoms with Gasteiger partial charge in [0.2, 0.25) is 0 Å². The summed E-state index contributed by atoms with van der Waals surface area (Å²) in [6.45, 7) is 2.02. The fourth-order valence-electron chi connectivity index (χ4n) is 2.02. The molecule has 5 heteroatoms. The van der Waals surface area contributed by atoms with Gasteiger partial charge >= 0.3 is 5.97 Å². The maximum absolute atomic E-state index is 10.6. The van der Waals surface area contributed by atoms with E-state index in [4.69, 9.17) is 5.11 Å². The fraction of sp³-hybridized carbons (Fsp3) is 0.333. The fourth-order valence-corrected chi connectivity index (χ4v) is 2.59. The van der Waals surface area contributed by atoms with Gasteiger partial charge in [-0.15, -0.1) is 0 Å². The van der Waals surface area contributed by atoms with E-state index < -0.39 is 5.97 Å². The van der Waals surface area contributed by atoms with Crippen LogP contribution in [0.2, 0.25) is 0 Å². The molecule has 0 unspecified atom stereocenters. The van der Waals surface area contributed by atoms with Crippen molar-refractivity contribution in [3.05, 3.63) is 28.0 Å². The van der Waals surface area contributed by atoms with Crippen LogP contribution in [-0.4, -0.2) is 20.6 Å². The predicted molar refractivity (Wildman–Crippen MR) is 69.1 cm³/mol. The smallest absolute Gasteiger partial charge is 0.303 e. The van der Waals surface area contributed by atoms with Crippen molar-refractivity contribution >= 4 is 32.9 Å². The van der Waals surface area contributed by atoms with E-state index in [0.29, 0.717) is 6.42 Å². The molecule has 0 fully saturated rings. The molecule has 2 aromatic rings. The Bertz CT molecular complexity index is 590. The van der Waals surface area contributed by atoms with Gasteiger partial charge in [-0.25, -0.2) is 4.98 Å². The average Bonchev–Trinajstić information content (AvgIpc) is 2.52. The van der Waals surface area contributed by atoms with Crippen LogP contribution in [0.15, 0.2) is 16.6 Å². The molecule has 4 nitrogen and oxygen atoms in total. The molecule has 0 spiro atoms. The number of halogens is 1. The van der Waals surface area contributed by atoms with Gasteiger partial charge in [-0.2, -0.15) is 0 Å². The molecule has 0 bridgehead atoms.